The highest BCUT2D eigenvalue weighted by atomic mass is 32.1. The Labute approximate surface area is 170 Å². The molecule has 0 saturated carbocycles. The van der Waals surface area contributed by atoms with Gasteiger partial charge in [0.1, 0.15) is 5.01 Å². The molecule has 3 aromatic rings. The molecule has 5 heteroatoms. The Hall–Kier alpha value is -2.24. The lowest BCUT2D eigenvalue weighted by Crippen LogP contribution is -2.43. The van der Waals surface area contributed by atoms with E-state index in [0.29, 0.717) is 13.1 Å². The predicted molar refractivity (Wildman–Crippen MR) is 115 cm³/mol. The van der Waals surface area contributed by atoms with Gasteiger partial charge in [-0.05, 0) is 44.0 Å². The van der Waals surface area contributed by atoms with Crippen molar-refractivity contribution in [3.63, 3.8) is 0 Å². The van der Waals surface area contributed by atoms with Crippen LogP contribution < -0.4 is 0 Å². The van der Waals surface area contributed by atoms with E-state index in [1.807, 2.05) is 29.2 Å². The van der Waals surface area contributed by atoms with Gasteiger partial charge in [0.05, 0.1) is 22.8 Å². The van der Waals surface area contributed by atoms with Crippen LogP contribution in [-0.2, 0) is 11.3 Å². The Morgan fingerprint density at radius 2 is 1.93 bits per heavy atom. The molecule has 1 aromatic heterocycles. The molecule has 0 unspecified atom stereocenters. The largest absolute Gasteiger partial charge is 0.338 e. The van der Waals surface area contributed by atoms with Crippen molar-refractivity contribution >= 4 is 27.5 Å². The molecule has 4 rings (SSSR count). The number of thiazole rings is 1. The van der Waals surface area contributed by atoms with Gasteiger partial charge in [-0.2, -0.15) is 0 Å². The summed E-state index contributed by atoms with van der Waals surface area (Å²) in [6.07, 6.45) is 3.43. The first-order valence-electron chi connectivity index (χ1n) is 10.2. The van der Waals surface area contributed by atoms with Gasteiger partial charge in [0.25, 0.3) is 0 Å². The molecular formula is C23H27N3OS. The monoisotopic (exact) mass is 393 g/mol. The van der Waals surface area contributed by atoms with Crippen molar-refractivity contribution in [2.45, 2.75) is 38.8 Å². The van der Waals surface area contributed by atoms with Crippen LogP contribution in [0.15, 0.2) is 54.6 Å². The van der Waals surface area contributed by atoms with Crippen LogP contribution in [-0.4, -0.2) is 40.3 Å². The fraction of sp³-hybridized carbons (Fsp3) is 0.391. The van der Waals surface area contributed by atoms with E-state index in [0.717, 1.165) is 36.5 Å². The molecule has 0 aliphatic carbocycles. The summed E-state index contributed by atoms with van der Waals surface area (Å²) >= 11 is 1.77. The molecule has 1 atom stereocenters. The van der Waals surface area contributed by atoms with Crippen molar-refractivity contribution in [2.24, 2.45) is 0 Å². The van der Waals surface area contributed by atoms with Crippen molar-refractivity contribution in [3.8, 4) is 0 Å². The van der Waals surface area contributed by atoms with Crippen molar-refractivity contribution in [2.75, 3.05) is 19.6 Å². The number of rotatable bonds is 6. The van der Waals surface area contributed by atoms with Gasteiger partial charge in [0.15, 0.2) is 0 Å². The topological polar surface area (TPSA) is 36.4 Å². The van der Waals surface area contributed by atoms with Gasteiger partial charge >= 0.3 is 0 Å². The minimum Gasteiger partial charge on any atom is -0.338 e. The Morgan fingerprint density at radius 3 is 2.71 bits per heavy atom. The molecular weight excluding hydrogens is 366 g/mol. The van der Waals surface area contributed by atoms with E-state index in [1.165, 1.54) is 16.7 Å². The maximum Gasteiger partial charge on any atom is 0.237 e. The normalized spacial score (nSPS) is 17.7. The van der Waals surface area contributed by atoms with Gasteiger partial charge in [-0.1, -0.05) is 48.9 Å². The van der Waals surface area contributed by atoms with E-state index in [4.69, 9.17) is 4.98 Å². The molecule has 0 spiro atoms. The van der Waals surface area contributed by atoms with Gasteiger partial charge < -0.3 is 4.90 Å². The van der Waals surface area contributed by atoms with Crippen molar-refractivity contribution in [3.05, 3.63) is 65.2 Å². The number of fused-ring (bicyclic) bond motifs is 1. The summed E-state index contributed by atoms with van der Waals surface area (Å²) in [5.41, 5.74) is 2.25. The molecule has 28 heavy (non-hydrogen) atoms. The Kier molecular flexibility index (Phi) is 6.03. The first-order chi connectivity index (χ1) is 13.7. The van der Waals surface area contributed by atoms with Crippen molar-refractivity contribution < 1.29 is 4.79 Å². The van der Waals surface area contributed by atoms with Crippen LogP contribution >= 0.6 is 11.3 Å². The molecule has 1 saturated heterocycles. The van der Waals surface area contributed by atoms with Crippen LogP contribution in [0.1, 0.15) is 42.8 Å². The number of amides is 1. The highest BCUT2D eigenvalue weighted by Gasteiger charge is 2.29. The molecule has 0 radical (unpaired) electrons. The summed E-state index contributed by atoms with van der Waals surface area (Å²) in [5.74, 6) is 0.208. The van der Waals surface area contributed by atoms with Crippen LogP contribution in [0.2, 0.25) is 0 Å². The molecule has 0 bridgehead atoms. The lowest BCUT2D eigenvalue weighted by atomic mass is 10.0. The zero-order chi connectivity index (χ0) is 19.3. The van der Waals surface area contributed by atoms with Crippen LogP contribution in [0.5, 0.6) is 0 Å². The summed E-state index contributed by atoms with van der Waals surface area (Å²) in [5, 5.41) is 1.15. The average Bonchev–Trinajstić information content (AvgIpc) is 3.17. The molecule has 0 N–H and O–H groups in total. The van der Waals surface area contributed by atoms with Gasteiger partial charge in [0.2, 0.25) is 5.91 Å². The zero-order valence-corrected chi connectivity index (χ0v) is 17.2. The van der Waals surface area contributed by atoms with E-state index in [9.17, 15) is 4.79 Å². The number of hydrogen-bond donors (Lipinski definition) is 0. The highest BCUT2D eigenvalue weighted by Crippen LogP contribution is 2.35. The van der Waals surface area contributed by atoms with Crippen LogP contribution in [0, 0.1) is 0 Å². The summed E-state index contributed by atoms with van der Waals surface area (Å²) in [4.78, 5) is 22.2. The van der Waals surface area contributed by atoms with Crippen LogP contribution in [0.3, 0.4) is 0 Å². The minimum atomic E-state index is 0.208. The molecule has 1 amide bonds. The second-order valence-corrected chi connectivity index (χ2v) is 8.46. The summed E-state index contributed by atoms with van der Waals surface area (Å²) < 4.78 is 1.23. The average molecular weight is 394 g/mol. The molecule has 4 nitrogen and oxygen atoms in total. The third-order valence-electron chi connectivity index (χ3n) is 5.50. The van der Waals surface area contributed by atoms with Crippen molar-refractivity contribution in [1.82, 2.24) is 14.8 Å². The Balaban J connectivity index is 1.48. The maximum atomic E-state index is 13.1. The third-order valence-corrected chi connectivity index (χ3v) is 6.64. The number of aromatic nitrogens is 1. The lowest BCUT2D eigenvalue weighted by molar-refractivity contribution is -0.133. The number of carbonyl (C=O) groups is 1. The number of nitrogens with zero attached hydrogens (tertiary/aromatic N) is 3. The fourth-order valence-electron chi connectivity index (χ4n) is 3.95. The van der Waals surface area contributed by atoms with Gasteiger partial charge in [0, 0.05) is 13.1 Å². The van der Waals surface area contributed by atoms with E-state index >= 15 is 0 Å². The summed E-state index contributed by atoms with van der Waals surface area (Å²) in [7, 11) is 0. The number of para-hydroxylation sites is 1. The number of hydrogen-bond acceptors (Lipinski definition) is 4. The number of likely N-dealkylation sites (tertiary alicyclic amines) is 1. The smallest absolute Gasteiger partial charge is 0.237 e. The molecule has 1 aliphatic rings. The first-order valence-corrected chi connectivity index (χ1v) is 11.0. The van der Waals surface area contributed by atoms with Gasteiger partial charge in [-0.25, -0.2) is 4.98 Å². The van der Waals surface area contributed by atoms with E-state index < -0.39 is 0 Å². The van der Waals surface area contributed by atoms with Crippen molar-refractivity contribution in [1.29, 1.82) is 0 Å². The van der Waals surface area contributed by atoms with Gasteiger partial charge in [-0.15, -0.1) is 11.3 Å². The lowest BCUT2D eigenvalue weighted by Gasteiger charge is -2.35. The van der Waals surface area contributed by atoms with Crippen LogP contribution in [0.4, 0.5) is 0 Å². The second kappa shape index (κ2) is 8.84. The number of likely N-dealkylation sites (N-methyl/N-ethyl adjacent to an activating group) is 1. The van der Waals surface area contributed by atoms with Crippen LogP contribution in [0.25, 0.3) is 10.2 Å². The predicted octanol–water partition coefficient (Wildman–Crippen LogP) is 4.87. The number of carbonyl (C=O) groups excluding carboxylic acids is 1. The molecule has 1 aliphatic heterocycles. The summed E-state index contributed by atoms with van der Waals surface area (Å²) in [6, 6.07) is 18.8. The molecule has 2 aromatic carbocycles. The first kappa shape index (κ1) is 19.1. The zero-order valence-electron chi connectivity index (χ0n) is 16.4. The SMILES string of the molecule is CCN(Cc1ccccc1)C(=O)CN1CCCC[C@H]1c1nc2ccccc2s1. The Morgan fingerprint density at radius 1 is 1.14 bits per heavy atom. The maximum absolute atomic E-state index is 13.1. The molecule has 2 heterocycles. The molecule has 146 valence electrons. The highest BCUT2D eigenvalue weighted by molar-refractivity contribution is 7.18. The number of piperidine rings is 1. The summed E-state index contributed by atoms with van der Waals surface area (Å²) in [6.45, 7) is 4.90. The quantitative estimate of drug-likeness (QED) is 0.599. The number of benzene rings is 2. The van der Waals surface area contributed by atoms with Gasteiger partial charge in [-0.3, -0.25) is 9.69 Å². The minimum absolute atomic E-state index is 0.208. The third kappa shape index (κ3) is 4.26. The van der Waals surface area contributed by atoms with E-state index in [1.54, 1.807) is 11.3 Å². The standard InChI is InChI=1S/C23H27N3OS/c1-2-25(16-18-10-4-3-5-11-18)22(27)17-26-15-9-8-13-20(26)23-24-19-12-6-7-14-21(19)28-23/h3-7,10-12,14,20H,2,8-9,13,15-17H2,1H3/t20-/m0/s1. The fourth-order valence-corrected chi connectivity index (χ4v) is 5.08. The van der Waals surface area contributed by atoms with E-state index in [2.05, 4.69) is 42.2 Å². The Bertz CT molecular complexity index is 891. The molecule has 1 fully saturated rings. The second-order valence-electron chi connectivity index (χ2n) is 7.40. The van der Waals surface area contributed by atoms with E-state index in [-0.39, 0.29) is 11.9 Å².